The molecule has 33 heavy (non-hydrogen) atoms. The van der Waals surface area contributed by atoms with Crippen LogP contribution in [-0.2, 0) is 15.3 Å². The summed E-state index contributed by atoms with van der Waals surface area (Å²) in [5.74, 6) is 0.359. The van der Waals surface area contributed by atoms with E-state index in [0.29, 0.717) is 23.0 Å². The van der Waals surface area contributed by atoms with Crippen molar-refractivity contribution in [3.8, 4) is 0 Å². The fraction of sp³-hybridized carbons (Fsp3) is 0.600. The Bertz CT molecular complexity index is 1040. The largest absolute Gasteiger partial charge is 0.434 e. The SMILES string of the molecule is O=C1OC(CCF)(CCF)n2c1cc1cc(NC(=O)[C@H]3NCCC3C3CCCCC3)ccc12. The van der Waals surface area contributed by atoms with Crippen molar-refractivity contribution in [3.05, 3.63) is 30.0 Å². The summed E-state index contributed by atoms with van der Waals surface area (Å²) in [6.45, 7) is -0.591. The van der Waals surface area contributed by atoms with Gasteiger partial charge in [-0.1, -0.05) is 32.1 Å². The third-order valence-electron chi connectivity index (χ3n) is 7.75. The van der Waals surface area contributed by atoms with E-state index in [1.54, 1.807) is 22.8 Å². The summed E-state index contributed by atoms with van der Waals surface area (Å²) in [4.78, 5) is 25.6. The Kier molecular flexibility index (Phi) is 6.12. The van der Waals surface area contributed by atoms with Gasteiger partial charge in [0.15, 0.2) is 5.72 Å². The number of esters is 1. The van der Waals surface area contributed by atoms with Crippen molar-refractivity contribution in [3.63, 3.8) is 0 Å². The molecule has 2 fully saturated rings. The van der Waals surface area contributed by atoms with E-state index >= 15 is 0 Å². The first-order chi connectivity index (χ1) is 16.1. The van der Waals surface area contributed by atoms with Crippen LogP contribution >= 0.6 is 0 Å². The van der Waals surface area contributed by atoms with Gasteiger partial charge in [-0.05, 0) is 49.1 Å². The smallest absolute Gasteiger partial charge is 0.357 e. The van der Waals surface area contributed by atoms with E-state index in [1.165, 1.54) is 32.1 Å². The molecule has 2 N–H and O–H groups in total. The molecule has 2 aliphatic heterocycles. The van der Waals surface area contributed by atoms with Crippen molar-refractivity contribution in [2.75, 3.05) is 25.2 Å². The predicted molar refractivity (Wildman–Crippen MR) is 122 cm³/mol. The number of fused-ring (bicyclic) bond motifs is 3. The molecule has 1 aromatic heterocycles. The van der Waals surface area contributed by atoms with Gasteiger partial charge in [-0.2, -0.15) is 0 Å². The van der Waals surface area contributed by atoms with Crippen LogP contribution < -0.4 is 10.6 Å². The second-order valence-corrected chi connectivity index (χ2v) is 9.62. The molecule has 1 saturated carbocycles. The molecule has 1 amide bonds. The molecule has 2 aromatic rings. The Morgan fingerprint density at radius 2 is 1.88 bits per heavy atom. The van der Waals surface area contributed by atoms with Crippen LogP contribution in [0.15, 0.2) is 24.3 Å². The average molecular weight is 460 g/mol. The van der Waals surface area contributed by atoms with Crippen molar-refractivity contribution in [1.29, 1.82) is 0 Å². The third-order valence-corrected chi connectivity index (χ3v) is 7.75. The molecule has 5 rings (SSSR count). The number of cyclic esters (lactones) is 1. The summed E-state index contributed by atoms with van der Waals surface area (Å²) in [5.41, 5.74) is 0.242. The normalized spacial score (nSPS) is 24.7. The minimum atomic E-state index is -1.34. The molecule has 0 radical (unpaired) electrons. The molecular formula is C25H31F2N3O3. The molecule has 1 saturated heterocycles. The minimum absolute atomic E-state index is 0.0298. The lowest BCUT2D eigenvalue weighted by Gasteiger charge is -2.30. The van der Waals surface area contributed by atoms with Crippen molar-refractivity contribution in [2.45, 2.75) is 63.1 Å². The van der Waals surface area contributed by atoms with E-state index < -0.39 is 25.0 Å². The lowest BCUT2D eigenvalue weighted by Crippen LogP contribution is -2.42. The van der Waals surface area contributed by atoms with Gasteiger partial charge in [-0.15, -0.1) is 0 Å². The number of halogens is 2. The molecule has 3 aliphatic rings. The number of hydrogen-bond acceptors (Lipinski definition) is 4. The van der Waals surface area contributed by atoms with Gasteiger partial charge in [-0.25, -0.2) is 4.79 Å². The highest BCUT2D eigenvalue weighted by Gasteiger charge is 2.46. The molecular weight excluding hydrogens is 428 g/mol. The highest BCUT2D eigenvalue weighted by atomic mass is 19.1. The van der Waals surface area contributed by atoms with Gasteiger partial charge in [0, 0.05) is 23.9 Å². The first-order valence-corrected chi connectivity index (χ1v) is 12.1. The number of hydrogen-bond donors (Lipinski definition) is 2. The van der Waals surface area contributed by atoms with Gasteiger partial charge < -0.3 is 15.4 Å². The monoisotopic (exact) mass is 459 g/mol. The number of alkyl halides is 2. The Morgan fingerprint density at radius 1 is 1.12 bits per heavy atom. The van der Waals surface area contributed by atoms with Crippen LogP contribution in [0.25, 0.3) is 10.9 Å². The number of anilines is 1. The standard InChI is InChI=1S/C25H31F2N3O3/c26-11-9-25(10-12-27)30-20-7-6-18(14-17(20)15-21(30)24(32)33-25)29-23(31)22-19(8-13-28-22)16-4-2-1-3-5-16/h6-7,14-16,19,22,28H,1-5,8-13H2,(H,29,31)/t19?,22-/m0/s1. The second-order valence-electron chi connectivity index (χ2n) is 9.62. The van der Waals surface area contributed by atoms with Gasteiger partial charge in [0.2, 0.25) is 5.91 Å². The number of benzene rings is 1. The number of carbonyl (C=O) groups is 2. The maximum atomic E-state index is 13.3. The van der Waals surface area contributed by atoms with Gasteiger partial charge in [-0.3, -0.25) is 18.1 Å². The van der Waals surface area contributed by atoms with Crippen LogP contribution in [0.5, 0.6) is 0 Å². The van der Waals surface area contributed by atoms with Crippen LogP contribution in [0, 0.1) is 11.8 Å². The maximum absolute atomic E-state index is 13.3. The predicted octanol–water partition coefficient (Wildman–Crippen LogP) is 4.68. The van der Waals surface area contributed by atoms with Crippen molar-refractivity contribution >= 4 is 28.5 Å². The highest BCUT2D eigenvalue weighted by molar-refractivity contribution is 6.01. The number of nitrogens with one attached hydrogen (secondary N) is 2. The molecule has 2 atom stereocenters. The van der Waals surface area contributed by atoms with Crippen LogP contribution in [0.4, 0.5) is 14.5 Å². The summed E-state index contributed by atoms with van der Waals surface area (Å²) in [6, 6.07) is 6.84. The summed E-state index contributed by atoms with van der Waals surface area (Å²) in [5, 5.41) is 7.16. The van der Waals surface area contributed by atoms with Crippen molar-refractivity contribution < 1.29 is 23.1 Å². The molecule has 0 spiro atoms. The number of ether oxygens (including phenoxy) is 1. The molecule has 1 aromatic carbocycles. The molecule has 178 valence electrons. The van der Waals surface area contributed by atoms with E-state index in [4.69, 9.17) is 4.74 Å². The zero-order valence-corrected chi connectivity index (χ0v) is 18.7. The number of rotatable bonds is 7. The van der Waals surface area contributed by atoms with Crippen LogP contribution in [0.1, 0.15) is 61.9 Å². The van der Waals surface area contributed by atoms with E-state index in [-0.39, 0.29) is 30.5 Å². The van der Waals surface area contributed by atoms with Gasteiger partial charge >= 0.3 is 5.97 Å². The quantitative estimate of drug-likeness (QED) is 0.590. The highest BCUT2D eigenvalue weighted by Crippen LogP contribution is 2.41. The molecule has 3 heterocycles. The Balaban J connectivity index is 1.38. The van der Waals surface area contributed by atoms with Crippen molar-refractivity contribution in [2.24, 2.45) is 11.8 Å². The Labute approximate surface area is 192 Å². The lowest BCUT2D eigenvalue weighted by atomic mass is 9.76. The van der Waals surface area contributed by atoms with E-state index in [2.05, 4.69) is 10.6 Å². The Hall–Kier alpha value is -2.48. The van der Waals surface area contributed by atoms with E-state index in [1.807, 2.05) is 6.07 Å². The summed E-state index contributed by atoms with van der Waals surface area (Å²) in [7, 11) is 0. The summed E-state index contributed by atoms with van der Waals surface area (Å²) < 4.78 is 33.6. The first kappa shape index (κ1) is 22.3. The minimum Gasteiger partial charge on any atom is -0.434 e. The lowest BCUT2D eigenvalue weighted by molar-refractivity contribution is -0.119. The third kappa shape index (κ3) is 3.92. The molecule has 1 unspecified atom stereocenters. The molecule has 0 bridgehead atoms. The van der Waals surface area contributed by atoms with Crippen LogP contribution in [0.2, 0.25) is 0 Å². The van der Waals surface area contributed by atoms with Gasteiger partial charge in [0.1, 0.15) is 5.69 Å². The second kappa shape index (κ2) is 9.05. The Morgan fingerprint density at radius 3 is 2.61 bits per heavy atom. The zero-order valence-electron chi connectivity index (χ0n) is 18.7. The summed E-state index contributed by atoms with van der Waals surface area (Å²) >= 11 is 0. The first-order valence-electron chi connectivity index (χ1n) is 12.1. The van der Waals surface area contributed by atoms with Crippen LogP contribution in [-0.4, -0.2) is 42.4 Å². The van der Waals surface area contributed by atoms with E-state index in [0.717, 1.165) is 18.4 Å². The summed E-state index contributed by atoms with van der Waals surface area (Å²) in [6.07, 6.45) is 7.02. The molecule has 6 nitrogen and oxygen atoms in total. The number of amides is 1. The van der Waals surface area contributed by atoms with Gasteiger partial charge in [0.05, 0.1) is 24.9 Å². The number of aromatic nitrogens is 1. The number of carbonyl (C=O) groups excluding carboxylic acids is 2. The van der Waals surface area contributed by atoms with Crippen molar-refractivity contribution in [1.82, 2.24) is 9.88 Å². The topological polar surface area (TPSA) is 72.4 Å². The van der Waals surface area contributed by atoms with Crippen LogP contribution in [0.3, 0.4) is 0 Å². The fourth-order valence-corrected chi connectivity index (χ4v) is 6.20. The van der Waals surface area contributed by atoms with Gasteiger partial charge in [0.25, 0.3) is 0 Å². The zero-order chi connectivity index (χ0) is 23.0. The molecule has 8 heteroatoms. The number of nitrogens with zero attached hydrogens (tertiary/aromatic N) is 1. The van der Waals surface area contributed by atoms with E-state index in [9.17, 15) is 18.4 Å². The average Bonchev–Trinajstić information content (AvgIpc) is 3.50. The maximum Gasteiger partial charge on any atom is 0.357 e. The molecule has 1 aliphatic carbocycles. The fourth-order valence-electron chi connectivity index (χ4n) is 6.20.